The number of imidazole rings is 1. The monoisotopic (exact) mass is 135 g/mol. The topological polar surface area (TPSA) is 52.5 Å². The maximum Gasteiger partial charge on any atom is 0.140 e. The minimum absolute atomic E-state index is 0.597. The molecule has 0 atom stereocenters. The Balaban J connectivity index is 3.12. The van der Waals surface area contributed by atoms with Crippen molar-refractivity contribution in [3.63, 3.8) is 0 Å². The van der Waals surface area contributed by atoms with Gasteiger partial charge >= 0.3 is 0 Å². The molecule has 0 aliphatic carbocycles. The average molecular weight is 135 g/mol. The fourth-order valence-corrected chi connectivity index (χ4v) is 0.888. The van der Waals surface area contributed by atoms with E-state index >= 15 is 0 Å². The van der Waals surface area contributed by atoms with Crippen LogP contribution in [0, 0.1) is 18.3 Å². The first-order valence-corrected chi connectivity index (χ1v) is 3.23. The maximum atomic E-state index is 8.54. The fourth-order valence-electron chi connectivity index (χ4n) is 0.888. The normalized spacial score (nSPS) is 9.30. The molecule has 3 heteroatoms. The molecule has 0 radical (unpaired) electrons. The third kappa shape index (κ3) is 1.01. The highest BCUT2D eigenvalue weighted by Gasteiger charge is 2.03. The summed E-state index contributed by atoms with van der Waals surface area (Å²) in [7, 11) is 0. The molecule has 52 valence electrons. The first-order chi connectivity index (χ1) is 4.77. The zero-order valence-electron chi connectivity index (χ0n) is 6.10. The summed E-state index contributed by atoms with van der Waals surface area (Å²) in [5, 5.41) is 8.54. The van der Waals surface area contributed by atoms with E-state index in [0.29, 0.717) is 5.69 Å². The summed E-state index contributed by atoms with van der Waals surface area (Å²) in [6, 6.07) is 2.05. The van der Waals surface area contributed by atoms with E-state index in [9.17, 15) is 0 Å². The van der Waals surface area contributed by atoms with E-state index in [2.05, 4.69) is 9.97 Å². The van der Waals surface area contributed by atoms with Crippen molar-refractivity contribution in [3.05, 3.63) is 17.2 Å². The van der Waals surface area contributed by atoms with Crippen molar-refractivity contribution in [1.82, 2.24) is 9.97 Å². The Labute approximate surface area is 59.7 Å². The van der Waals surface area contributed by atoms with Crippen LogP contribution in [-0.4, -0.2) is 9.97 Å². The fraction of sp³-hybridized carbons (Fsp3) is 0.429. The van der Waals surface area contributed by atoms with Gasteiger partial charge in [0.25, 0.3) is 0 Å². The van der Waals surface area contributed by atoms with Crippen molar-refractivity contribution in [3.8, 4) is 6.07 Å². The van der Waals surface area contributed by atoms with Crippen LogP contribution in [-0.2, 0) is 6.42 Å². The molecular formula is C7H9N3. The van der Waals surface area contributed by atoms with Crippen molar-refractivity contribution in [2.75, 3.05) is 0 Å². The number of aromatic nitrogens is 2. The van der Waals surface area contributed by atoms with E-state index in [0.717, 1.165) is 17.9 Å². The Morgan fingerprint density at radius 3 is 2.80 bits per heavy atom. The second-order valence-corrected chi connectivity index (χ2v) is 2.11. The Hall–Kier alpha value is -1.30. The van der Waals surface area contributed by atoms with Crippen molar-refractivity contribution >= 4 is 0 Å². The van der Waals surface area contributed by atoms with E-state index in [1.807, 2.05) is 19.9 Å². The molecule has 0 aliphatic rings. The number of aromatic amines is 1. The molecule has 10 heavy (non-hydrogen) atoms. The Morgan fingerprint density at radius 1 is 1.70 bits per heavy atom. The molecule has 0 unspecified atom stereocenters. The lowest BCUT2D eigenvalue weighted by Gasteiger charge is -1.83. The molecule has 0 amide bonds. The predicted molar refractivity (Wildman–Crippen MR) is 37.4 cm³/mol. The molecule has 0 saturated heterocycles. The zero-order valence-corrected chi connectivity index (χ0v) is 6.10. The van der Waals surface area contributed by atoms with Crippen LogP contribution in [0.4, 0.5) is 0 Å². The van der Waals surface area contributed by atoms with Gasteiger partial charge in [-0.05, 0) is 13.3 Å². The lowest BCUT2D eigenvalue weighted by atomic mass is 10.3. The number of nitrogens with one attached hydrogen (secondary N) is 1. The van der Waals surface area contributed by atoms with E-state index in [4.69, 9.17) is 5.26 Å². The van der Waals surface area contributed by atoms with Gasteiger partial charge < -0.3 is 4.98 Å². The van der Waals surface area contributed by atoms with E-state index in [1.165, 1.54) is 0 Å². The van der Waals surface area contributed by atoms with Crippen LogP contribution < -0.4 is 0 Å². The molecule has 0 saturated carbocycles. The third-order valence-electron chi connectivity index (χ3n) is 1.34. The van der Waals surface area contributed by atoms with Crippen LogP contribution in [0.2, 0.25) is 0 Å². The van der Waals surface area contributed by atoms with Gasteiger partial charge in [-0.1, -0.05) is 6.92 Å². The van der Waals surface area contributed by atoms with E-state index < -0.39 is 0 Å². The maximum absolute atomic E-state index is 8.54. The number of H-pyrrole nitrogens is 1. The van der Waals surface area contributed by atoms with Gasteiger partial charge in [0.1, 0.15) is 17.6 Å². The first kappa shape index (κ1) is 6.81. The Bertz CT molecular complexity index is 267. The van der Waals surface area contributed by atoms with Crippen LogP contribution in [0.1, 0.15) is 24.1 Å². The van der Waals surface area contributed by atoms with E-state index in [1.54, 1.807) is 0 Å². The second kappa shape index (κ2) is 2.53. The lowest BCUT2D eigenvalue weighted by Crippen LogP contribution is -1.83. The summed E-state index contributed by atoms with van der Waals surface area (Å²) < 4.78 is 0. The minimum Gasteiger partial charge on any atom is -0.334 e. The molecule has 1 N–H and O–H groups in total. The number of rotatable bonds is 1. The first-order valence-electron chi connectivity index (χ1n) is 3.23. The molecule has 0 bridgehead atoms. The highest BCUT2D eigenvalue weighted by molar-refractivity contribution is 5.26. The summed E-state index contributed by atoms with van der Waals surface area (Å²) in [6.45, 7) is 3.83. The van der Waals surface area contributed by atoms with E-state index in [-0.39, 0.29) is 0 Å². The minimum atomic E-state index is 0.597. The van der Waals surface area contributed by atoms with Crippen LogP contribution in [0.5, 0.6) is 0 Å². The highest BCUT2D eigenvalue weighted by atomic mass is 14.9. The summed E-state index contributed by atoms with van der Waals surface area (Å²) in [6.07, 6.45) is 0.813. The number of hydrogen-bond donors (Lipinski definition) is 1. The van der Waals surface area contributed by atoms with Crippen LogP contribution >= 0.6 is 0 Å². The predicted octanol–water partition coefficient (Wildman–Crippen LogP) is 1.15. The zero-order chi connectivity index (χ0) is 7.56. The molecule has 0 aliphatic heterocycles. The Kier molecular flexibility index (Phi) is 1.72. The molecule has 0 aromatic carbocycles. The third-order valence-corrected chi connectivity index (χ3v) is 1.34. The van der Waals surface area contributed by atoms with Gasteiger partial charge in [-0.3, -0.25) is 0 Å². The van der Waals surface area contributed by atoms with Gasteiger partial charge in [-0.15, -0.1) is 0 Å². The van der Waals surface area contributed by atoms with Crippen LogP contribution in [0.25, 0.3) is 0 Å². The molecule has 1 aromatic rings. The van der Waals surface area contributed by atoms with Gasteiger partial charge in [0.05, 0.1) is 5.69 Å². The lowest BCUT2D eigenvalue weighted by molar-refractivity contribution is 1.04. The average Bonchev–Trinajstić information content (AvgIpc) is 2.30. The summed E-state index contributed by atoms with van der Waals surface area (Å²) >= 11 is 0. The standard InChI is InChI=1S/C7H9N3/c1-3-6-7(4-8)10-5(2)9-6/h3H2,1-2H3,(H,9,10). The van der Waals surface area contributed by atoms with Crippen LogP contribution in [0.15, 0.2) is 0 Å². The quantitative estimate of drug-likeness (QED) is 0.628. The Morgan fingerprint density at radius 2 is 2.40 bits per heavy atom. The van der Waals surface area contributed by atoms with Gasteiger partial charge in [-0.2, -0.15) is 5.26 Å². The molecule has 1 heterocycles. The molecule has 1 rings (SSSR count). The van der Waals surface area contributed by atoms with Gasteiger partial charge in [0.15, 0.2) is 0 Å². The van der Waals surface area contributed by atoms with Crippen LogP contribution in [0.3, 0.4) is 0 Å². The summed E-state index contributed by atoms with van der Waals surface area (Å²) in [4.78, 5) is 6.99. The second-order valence-electron chi connectivity index (χ2n) is 2.11. The summed E-state index contributed by atoms with van der Waals surface area (Å²) in [5.41, 5.74) is 1.46. The summed E-state index contributed by atoms with van der Waals surface area (Å²) in [5.74, 6) is 0.813. The number of hydrogen-bond acceptors (Lipinski definition) is 2. The molecule has 0 spiro atoms. The van der Waals surface area contributed by atoms with Crippen molar-refractivity contribution < 1.29 is 0 Å². The molecule has 3 nitrogen and oxygen atoms in total. The largest absolute Gasteiger partial charge is 0.334 e. The molecular weight excluding hydrogens is 126 g/mol. The molecule has 0 fully saturated rings. The number of nitrogens with zero attached hydrogens (tertiary/aromatic N) is 2. The van der Waals surface area contributed by atoms with Gasteiger partial charge in [0, 0.05) is 0 Å². The van der Waals surface area contributed by atoms with Gasteiger partial charge in [0.2, 0.25) is 0 Å². The number of nitriles is 1. The van der Waals surface area contributed by atoms with Gasteiger partial charge in [-0.25, -0.2) is 4.98 Å². The van der Waals surface area contributed by atoms with Crippen molar-refractivity contribution in [2.24, 2.45) is 0 Å². The highest BCUT2D eigenvalue weighted by Crippen LogP contribution is 2.03. The SMILES string of the molecule is CCc1nc(C)[nH]c1C#N. The number of aryl methyl sites for hydroxylation is 2. The smallest absolute Gasteiger partial charge is 0.140 e. The van der Waals surface area contributed by atoms with Crippen molar-refractivity contribution in [1.29, 1.82) is 5.26 Å². The molecule has 1 aromatic heterocycles. The van der Waals surface area contributed by atoms with Crippen molar-refractivity contribution in [2.45, 2.75) is 20.3 Å².